The van der Waals surface area contributed by atoms with Crippen molar-refractivity contribution in [2.24, 2.45) is 11.8 Å². The standard InChI is InChI=1S/C77H150O17P2/c1-7-10-12-14-16-18-20-22-24-26-28-30-32-34-41-47-53-59-74(79)87-65-72(93-76(81)61-55-49-42-35-33-31-29-27-25-23-21-19-17-15-13-11-8-2)67-91-95(83,84)89-63-71(78)64-90-96(85,86)92-68-73(66-88-75(80)60-54-48-44-38-39-45-51-57-69(4)5)94-77(82)62-56-50-43-37-36-40-46-52-58-70(6)9-3/h69-73,78H,7-68H2,1-6H3,(H,83,84)(H,85,86)/t70?,71-,72-,73-/m1/s1. The van der Waals surface area contributed by atoms with E-state index < -0.39 is 97.5 Å². The number of esters is 4. The lowest BCUT2D eigenvalue weighted by Crippen LogP contribution is -2.30. The molecule has 19 heteroatoms. The zero-order valence-corrected chi connectivity index (χ0v) is 64.5. The summed E-state index contributed by atoms with van der Waals surface area (Å²) >= 11 is 0. The first-order valence-electron chi connectivity index (χ1n) is 40.0. The van der Waals surface area contributed by atoms with Crippen LogP contribution >= 0.6 is 15.6 Å². The summed E-state index contributed by atoms with van der Waals surface area (Å²) in [5.41, 5.74) is 0. The van der Waals surface area contributed by atoms with Crippen molar-refractivity contribution in [3.05, 3.63) is 0 Å². The van der Waals surface area contributed by atoms with Crippen LogP contribution in [0.2, 0.25) is 0 Å². The van der Waals surface area contributed by atoms with Crippen molar-refractivity contribution in [1.82, 2.24) is 0 Å². The highest BCUT2D eigenvalue weighted by Crippen LogP contribution is 2.45. The lowest BCUT2D eigenvalue weighted by atomic mass is 9.99. The summed E-state index contributed by atoms with van der Waals surface area (Å²) < 4.78 is 68.6. The minimum atomic E-state index is -4.96. The van der Waals surface area contributed by atoms with Crippen LogP contribution < -0.4 is 0 Å². The van der Waals surface area contributed by atoms with Crippen molar-refractivity contribution < 1.29 is 80.2 Å². The van der Waals surface area contributed by atoms with E-state index in [1.54, 1.807) is 0 Å². The van der Waals surface area contributed by atoms with Crippen LogP contribution in [0.15, 0.2) is 0 Å². The highest BCUT2D eigenvalue weighted by molar-refractivity contribution is 7.47. The van der Waals surface area contributed by atoms with E-state index in [0.29, 0.717) is 31.6 Å². The van der Waals surface area contributed by atoms with Gasteiger partial charge in [-0.3, -0.25) is 37.3 Å². The first kappa shape index (κ1) is 94.1. The van der Waals surface area contributed by atoms with E-state index in [2.05, 4.69) is 41.5 Å². The van der Waals surface area contributed by atoms with Crippen LogP contribution in [-0.4, -0.2) is 96.7 Å². The second-order valence-corrected chi connectivity index (χ2v) is 31.4. The normalized spacial score (nSPS) is 14.3. The van der Waals surface area contributed by atoms with Gasteiger partial charge >= 0.3 is 39.5 Å². The summed E-state index contributed by atoms with van der Waals surface area (Å²) in [6.45, 7) is 9.55. The van der Waals surface area contributed by atoms with E-state index >= 15 is 0 Å². The van der Waals surface area contributed by atoms with Gasteiger partial charge in [-0.25, -0.2) is 9.13 Å². The lowest BCUT2D eigenvalue weighted by Gasteiger charge is -2.21. The number of carbonyl (C=O) groups excluding carboxylic acids is 4. The van der Waals surface area contributed by atoms with Gasteiger partial charge in [0.15, 0.2) is 12.2 Å². The minimum Gasteiger partial charge on any atom is -0.462 e. The first-order valence-corrected chi connectivity index (χ1v) is 43.0. The summed E-state index contributed by atoms with van der Waals surface area (Å²) in [6.07, 6.45) is 56.9. The zero-order valence-electron chi connectivity index (χ0n) is 62.7. The molecule has 0 bridgehead atoms. The number of hydrogen-bond acceptors (Lipinski definition) is 15. The molecule has 3 unspecified atom stereocenters. The third-order valence-electron chi connectivity index (χ3n) is 18.3. The number of unbranched alkanes of at least 4 members (excludes halogenated alkanes) is 45. The van der Waals surface area contributed by atoms with Crippen molar-refractivity contribution >= 4 is 39.5 Å². The number of carbonyl (C=O) groups is 4. The van der Waals surface area contributed by atoms with E-state index in [-0.39, 0.29) is 25.7 Å². The average Bonchev–Trinajstić information content (AvgIpc) is 1.81. The molecule has 6 atom stereocenters. The van der Waals surface area contributed by atoms with E-state index in [9.17, 15) is 43.2 Å². The Hall–Kier alpha value is -1.94. The molecule has 0 aromatic heterocycles. The molecule has 3 N–H and O–H groups in total. The molecule has 96 heavy (non-hydrogen) atoms. The maximum absolute atomic E-state index is 13.1. The molecule has 570 valence electrons. The Morgan fingerprint density at radius 1 is 0.302 bits per heavy atom. The first-order chi connectivity index (χ1) is 46.4. The highest BCUT2D eigenvalue weighted by Gasteiger charge is 2.30. The fraction of sp³-hybridized carbons (Fsp3) is 0.948. The zero-order chi connectivity index (χ0) is 70.7. The van der Waals surface area contributed by atoms with Gasteiger partial charge in [0, 0.05) is 25.7 Å². The van der Waals surface area contributed by atoms with Crippen LogP contribution in [0.1, 0.15) is 401 Å². The number of phosphoric ester groups is 2. The summed E-state index contributed by atoms with van der Waals surface area (Å²) in [5, 5.41) is 10.6. The number of hydrogen-bond donors (Lipinski definition) is 3. The van der Waals surface area contributed by atoms with Crippen LogP contribution in [0.3, 0.4) is 0 Å². The number of aliphatic hydroxyl groups is 1. The van der Waals surface area contributed by atoms with Crippen LogP contribution in [0.5, 0.6) is 0 Å². The van der Waals surface area contributed by atoms with E-state index in [1.807, 2.05) is 0 Å². The summed E-state index contributed by atoms with van der Waals surface area (Å²) in [4.78, 5) is 72.8. The number of rotatable bonds is 76. The fourth-order valence-corrected chi connectivity index (χ4v) is 13.4. The average molecular weight is 1410 g/mol. The Bertz CT molecular complexity index is 1860. The molecule has 17 nitrogen and oxygen atoms in total. The molecule has 0 saturated heterocycles. The molecule has 0 aromatic rings. The lowest BCUT2D eigenvalue weighted by molar-refractivity contribution is -0.161. The molecule has 0 amide bonds. The van der Waals surface area contributed by atoms with Crippen molar-refractivity contribution in [2.75, 3.05) is 39.6 Å². The van der Waals surface area contributed by atoms with Gasteiger partial charge in [-0.1, -0.05) is 350 Å². The molecule has 0 saturated carbocycles. The van der Waals surface area contributed by atoms with Crippen molar-refractivity contribution in [2.45, 2.75) is 419 Å². The van der Waals surface area contributed by atoms with E-state index in [1.165, 1.54) is 212 Å². The Morgan fingerprint density at radius 2 is 0.531 bits per heavy atom. The SMILES string of the molecule is CCCCCCCCCCCCCCCCCCCC(=O)OC[C@H](COP(=O)(O)OC[C@@H](O)COP(=O)(O)OC[C@@H](COC(=O)CCCCCCCCCC(C)C)OC(=O)CCCCCCCCCCC(C)CC)OC(=O)CCCCCCCCCCCCCCCCCCC. The third-order valence-corrected chi connectivity index (χ3v) is 20.2. The Balaban J connectivity index is 5.24. The van der Waals surface area contributed by atoms with Gasteiger partial charge < -0.3 is 33.8 Å². The van der Waals surface area contributed by atoms with E-state index in [0.717, 1.165) is 102 Å². The second-order valence-electron chi connectivity index (χ2n) is 28.5. The van der Waals surface area contributed by atoms with Crippen LogP contribution in [0, 0.1) is 11.8 Å². The number of phosphoric acid groups is 2. The molecular weight excluding hydrogens is 1260 g/mol. The third kappa shape index (κ3) is 69.2. The molecule has 0 spiro atoms. The van der Waals surface area contributed by atoms with Crippen LogP contribution in [-0.2, 0) is 65.4 Å². The summed E-state index contributed by atoms with van der Waals surface area (Å²) in [5.74, 6) is -0.641. The van der Waals surface area contributed by atoms with E-state index in [4.69, 9.17) is 37.0 Å². The molecule has 0 aliphatic carbocycles. The molecule has 0 radical (unpaired) electrons. The molecular formula is C77H150O17P2. The van der Waals surface area contributed by atoms with Gasteiger partial charge in [0.25, 0.3) is 0 Å². The number of aliphatic hydroxyl groups excluding tert-OH is 1. The van der Waals surface area contributed by atoms with Gasteiger partial charge in [0.2, 0.25) is 0 Å². The largest absolute Gasteiger partial charge is 0.472 e. The van der Waals surface area contributed by atoms with Gasteiger partial charge in [-0.15, -0.1) is 0 Å². The highest BCUT2D eigenvalue weighted by atomic mass is 31.2. The fourth-order valence-electron chi connectivity index (χ4n) is 11.8. The summed E-state index contributed by atoms with van der Waals surface area (Å²) in [7, 11) is -9.91. The van der Waals surface area contributed by atoms with Gasteiger partial charge in [0.05, 0.1) is 26.4 Å². The van der Waals surface area contributed by atoms with Crippen molar-refractivity contribution in [1.29, 1.82) is 0 Å². The monoisotopic (exact) mass is 1410 g/mol. The van der Waals surface area contributed by atoms with Crippen molar-refractivity contribution in [3.8, 4) is 0 Å². The molecule has 0 aromatic carbocycles. The quantitative estimate of drug-likeness (QED) is 0.0222. The van der Waals surface area contributed by atoms with Gasteiger partial charge in [-0.2, -0.15) is 0 Å². The smallest absolute Gasteiger partial charge is 0.462 e. The molecule has 0 fully saturated rings. The Morgan fingerprint density at radius 3 is 0.792 bits per heavy atom. The Labute approximate surface area is 588 Å². The van der Waals surface area contributed by atoms with Crippen molar-refractivity contribution in [3.63, 3.8) is 0 Å². The van der Waals surface area contributed by atoms with Gasteiger partial charge in [0.1, 0.15) is 19.3 Å². The topological polar surface area (TPSA) is 237 Å². The van der Waals surface area contributed by atoms with Crippen LogP contribution in [0.25, 0.3) is 0 Å². The minimum absolute atomic E-state index is 0.104. The predicted octanol–water partition coefficient (Wildman–Crippen LogP) is 22.7. The molecule has 0 heterocycles. The van der Waals surface area contributed by atoms with Crippen LogP contribution in [0.4, 0.5) is 0 Å². The summed E-state index contributed by atoms with van der Waals surface area (Å²) in [6, 6.07) is 0. The second kappa shape index (κ2) is 68.8. The maximum Gasteiger partial charge on any atom is 0.472 e. The molecule has 0 rings (SSSR count). The number of ether oxygens (including phenoxy) is 4. The van der Waals surface area contributed by atoms with Gasteiger partial charge in [-0.05, 0) is 37.5 Å². The molecule has 0 aliphatic heterocycles. The Kier molecular flexibility index (Phi) is 67.4. The predicted molar refractivity (Wildman–Crippen MR) is 391 cm³/mol. The maximum atomic E-state index is 13.1. The molecule has 0 aliphatic rings.